The molecule has 0 aliphatic rings. The van der Waals surface area contributed by atoms with E-state index in [9.17, 15) is 14.9 Å². The number of anilines is 1. The number of nitro benzene ring substituents is 1. The second kappa shape index (κ2) is 7.44. The lowest BCUT2D eigenvalue weighted by Crippen LogP contribution is -2.30. The van der Waals surface area contributed by atoms with E-state index >= 15 is 0 Å². The number of non-ortho nitro benzene ring substituents is 1. The molecule has 0 saturated carbocycles. The monoisotopic (exact) mass is 345 g/mol. The number of rotatable bonds is 5. The van der Waals surface area contributed by atoms with Crippen molar-refractivity contribution in [3.05, 3.63) is 63.2 Å². The Morgan fingerprint density at radius 1 is 1.33 bits per heavy atom. The van der Waals surface area contributed by atoms with E-state index in [1.807, 2.05) is 6.07 Å². The van der Waals surface area contributed by atoms with Gasteiger partial charge in [-0.15, -0.1) is 0 Å². The average molecular weight is 346 g/mol. The number of hydrogen-bond donors (Lipinski definition) is 1. The molecule has 0 bridgehead atoms. The molecular formula is C16H12ClN3O4. The fourth-order valence-corrected chi connectivity index (χ4v) is 2.04. The summed E-state index contributed by atoms with van der Waals surface area (Å²) in [5.74, 6) is -0.0263. The molecule has 0 aliphatic carbocycles. The predicted molar refractivity (Wildman–Crippen MR) is 88.0 cm³/mol. The molecule has 0 spiro atoms. The Morgan fingerprint density at radius 2 is 2.00 bits per heavy atom. The standard InChI is InChI=1S/C16H12ClN3O4/c1-10(24-13-5-2-11(9-18)3-6-13)16(21)19-15-7-4-12(20(22)23)8-14(15)17/h2-8,10H,1H3,(H,19,21). The van der Waals surface area contributed by atoms with Crippen LogP contribution >= 0.6 is 11.6 Å². The van der Waals surface area contributed by atoms with E-state index in [1.54, 1.807) is 31.2 Å². The largest absolute Gasteiger partial charge is 0.481 e. The summed E-state index contributed by atoms with van der Waals surface area (Å²) in [4.78, 5) is 22.2. The highest BCUT2D eigenvalue weighted by molar-refractivity contribution is 6.34. The topological polar surface area (TPSA) is 105 Å². The first kappa shape index (κ1) is 17.2. The van der Waals surface area contributed by atoms with Crippen LogP contribution in [-0.2, 0) is 4.79 Å². The molecule has 1 atom stereocenters. The molecule has 7 nitrogen and oxygen atoms in total. The Kier molecular flexibility index (Phi) is 5.35. The van der Waals surface area contributed by atoms with Crippen LogP contribution in [0.5, 0.6) is 5.75 Å². The second-order valence-corrected chi connectivity index (χ2v) is 5.21. The van der Waals surface area contributed by atoms with Crippen molar-refractivity contribution in [3.8, 4) is 11.8 Å². The summed E-state index contributed by atoms with van der Waals surface area (Å²) in [5, 5.41) is 22.0. The molecule has 0 saturated heterocycles. The lowest BCUT2D eigenvalue weighted by Gasteiger charge is -2.15. The molecule has 24 heavy (non-hydrogen) atoms. The summed E-state index contributed by atoms with van der Waals surface area (Å²) < 4.78 is 5.48. The molecule has 122 valence electrons. The Hall–Kier alpha value is -3.11. The van der Waals surface area contributed by atoms with Gasteiger partial charge in [-0.1, -0.05) is 11.6 Å². The van der Waals surface area contributed by atoms with E-state index in [2.05, 4.69) is 5.32 Å². The van der Waals surface area contributed by atoms with Crippen LogP contribution in [-0.4, -0.2) is 16.9 Å². The van der Waals surface area contributed by atoms with Gasteiger partial charge in [0.05, 0.1) is 27.3 Å². The first-order valence-corrected chi connectivity index (χ1v) is 7.20. The van der Waals surface area contributed by atoms with E-state index in [-0.39, 0.29) is 16.4 Å². The van der Waals surface area contributed by atoms with E-state index < -0.39 is 16.9 Å². The summed E-state index contributed by atoms with van der Waals surface area (Å²) in [6.07, 6.45) is -0.829. The van der Waals surface area contributed by atoms with Crippen molar-refractivity contribution in [2.75, 3.05) is 5.32 Å². The average Bonchev–Trinajstić information content (AvgIpc) is 2.57. The van der Waals surface area contributed by atoms with Crippen LogP contribution in [0, 0.1) is 21.4 Å². The van der Waals surface area contributed by atoms with Crippen molar-refractivity contribution in [3.63, 3.8) is 0 Å². The zero-order valence-corrected chi connectivity index (χ0v) is 13.3. The smallest absolute Gasteiger partial charge is 0.271 e. The molecule has 0 fully saturated rings. The molecule has 0 radical (unpaired) electrons. The van der Waals surface area contributed by atoms with Crippen molar-refractivity contribution < 1.29 is 14.5 Å². The molecule has 1 amide bonds. The molecule has 0 heterocycles. The number of nitriles is 1. The maximum absolute atomic E-state index is 12.1. The second-order valence-electron chi connectivity index (χ2n) is 4.81. The molecule has 1 N–H and O–H groups in total. The van der Waals surface area contributed by atoms with E-state index in [4.69, 9.17) is 21.6 Å². The first-order valence-electron chi connectivity index (χ1n) is 6.82. The number of amides is 1. The van der Waals surface area contributed by atoms with Crippen molar-refractivity contribution in [2.24, 2.45) is 0 Å². The van der Waals surface area contributed by atoms with Gasteiger partial charge in [-0.25, -0.2) is 0 Å². The lowest BCUT2D eigenvalue weighted by molar-refractivity contribution is -0.384. The van der Waals surface area contributed by atoms with Gasteiger partial charge in [0, 0.05) is 12.1 Å². The summed E-state index contributed by atoms with van der Waals surface area (Å²) in [6, 6.07) is 12.1. The molecule has 2 aromatic carbocycles. The number of hydrogen-bond acceptors (Lipinski definition) is 5. The van der Waals surface area contributed by atoms with Crippen LogP contribution in [0.25, 0.3) is 0 Å². The van der Waals surface area contributed by atoms with Gasteiger partial charge in [-0.05, 0) is 37.3 Å². The van der Waals surface area contributed by atoms with Crippen LogP contribution in [0.15, 0.2) is 42.5 Å². The SMILES string of the molecule is CC(Oc1ccc(C#N)cc1)C(=O)Nc1ccc([N+](=O)[O-])cc1Cl. The minimum atomic E-state index is -0.829. The summed E-state index contributed by atoms with van der Waals surface area (Å²) in [5.41, 5.74) is 0.569. The van der Waals surface area contributed by atoms with Gasteiger partial charge < -0.3 is 10.1 Å². The van der Waals surface area contributed by atoms with Crippen molar-refractivity contribution in [1.82, 2.24) is 0 Å². The van der Waals surface area contributed by atoms with Crippen LogP contribution in [0.4, 0.5) is 11.4 Å². The molecule has 8 heteroatoms. The maximum Gasteiger partial charge on any atom is 0.271 e. The van der Waals surface area contributed by atoms with Crippen LogP contribution in [0.2, 0.25) is 5.02 Å². The molecular weight excluding hydrogens is 334 g/mol. The Morgan fingerprint density at radius 3 is 2.54 bits per heavy atom. The lowest BCUT2D eigenvalue weighted by atomic mass is 10.2. The number of nitrogens with zero attached hydrogens (tertiary/aromatic N) is 2. The fourth-order valence-electron chi connectivity index (χ4n) is 1.82. The molecule has 1 unspecified atom stereocenters. The summed E-state index contributed by atoms with van der Waals surface area (Å²) in [7, 11) is 0. The van der Waals surface area contributed by atoms with Gasteiger partial charge in [-0.3, -0.25) is 14.9 Å². The van der Waals surface area contributed by atoms with Crippen molar-refractivity contribution >= 4 is 28.9 Å². The van der Waals surface area contributed by atoms with Gasteiger partial charge in [0.25, 0.3) is 11.6 Å². The summed E-state index contributed by atoms with van der Waals surface area (Å²) in [6.45, 7) is 1.55. The van der Waals surface area contributed by atoms with Crippen LogP contribution < -0.4 is 10.1 Å². The number of benzene rings is 2. The van der Waals surface area contributed by atoms with Gasteiger partial charge in [0.1, 0.15) is 5.75 Å². The zero-order chi connectivity index (χ0) is 17.7. The molecule has 0 aliphatic heterocycles. The van der Waals surface area contributed by atoms with Crippen LogP contribution in [0.1, 0.15) is 12.5 Å². The molecule has 2 rings (SSSR count). The third-order valence-corrected chi connectivity index (χ3v) is 3.40. The van der Waals surface area contributed by atoms with Crippen LogP contribution in [0.3, 0.4) is 0 Å². The predicted octanol–water partition coefficient (Wildman–Crippen LogP) is 3.53. The van der Waals surface area contributed by atoms with Crippen molar-refractivity contribution in [1.29, 1.82) is 5.26 Å². The quantitative estimate of drug-likeness (QED) is 0.659. The van der Waals surface area contributed by atoms with Gasteiger partial charge in [-0.2, -0.15) is 5.26 Å². The number of halogens is 1. The van der Waals surface area contributed by atoms with E-state index in [1.165, 1.54) is 12.1 Å². The summed E-state index contributed by atoms with van der Waals surface area (Å²) >= 11 is 5.93. The highest BCUT2D eigenvalue weighted by atomic mass is 35.5. The minimum Gasteiger partial charge on any atom is -0.481 e. The normalized spacial score (nSPS) is 11.2. The molecule has 2 aromatic rings. The van der Waals surface area contributed by atoms with Gasteiger partial charge in [0.2, 0.25) is 0 Å². The Labute approximate surface area is 142 Å². The number of nitrogens with one attached hydrogen (secondary N) is 1. The van der Waals surface area contributed by atoms with E-state index in [0.717, 1.165) is 6.07 Å². The van der Waals surface area contributed by atoms with Gasteiger partial charge in [0.15, 0.2) is 6.10 Å². The highest BCUT2D eigenvalue weighted by Gasteiger charge is 2.17. The Bertz CT molecular complexity index is 815. The third kappa shape index (κ3) is 4.21. The first-order chi connectivity index (χ1) is 11.4. The maximum atomic E-state index is 12.1. The minimum absolute atomic E-state index is 0.0584. The number of nitro groups is 1. The third-order valence-electron chi connectivity index (χ3n) is 3.09. The fraction of sp³-hybridized carbons (Fsp3) is 0.125. The number of carbonyl (C=O) groups excluding carboxylic acids is 1. The van der Waals surface area contributed by atoms with Gasteiger partial charge >= 0.3 is 0 Å². The zero-order valence-electron chi connectivity index (χ0n) is 12.5. The highest BCUT2D eigenvalue weighted by Crippen LogP contribution is 2.27. The van der Waals surface area contributed by atoms with E-state index in [0.29, 0.717) is 11.3 Å². The number of carbonyl (C=O) groups is 1. The number of ether oxygens (including phenoxy) is 1. The molecule has 0 aromatic heterocycles. The Balaban J connectivity index is 2.03. The van der Waals surface area contributed by atoms with Crippen molar-refractivity contribution in [2.45, 2.75) is 13.0 Å².